The molecule has 0 saturated carbocycles. The Bertz CT molecular complexity index is 1070. The van der Waals surface area contributed by atoms with Gasteiger partial charge < -0.3 is 14.5 Å². The number of benzene rings is 2. The summed E-state index contributed by atoms with van der Waals surface area (Å²) in [6.07, 6.45) is 0.718. The predicted molar refractivity (Wildman–Crippen MR) is 105 cm³/mol. The van der Waals surface area contributed by atoms with Crippen molar-refractivity contribution in [1.29, 1.82) is 0 Å². The monoisotopic (exact) mass is 429 g/mol. The van der Waals surface area contributed by atoms with Crippen molar-refractivity contribution in [1.82, 2.24) is 0 Å². The molecule has 0 saturated heterocycles. The molecular formula is C20H16BrNO5. The van der Waals surface area contributed by atoms with E-state index in [1.54, 1.807) is 36.4 Å². The molecule has 1 aromatic heterocycles. The highest BCUT2D eigenvalue weighted by molar-refractivity contribution is 9.10. The summed E-state index contributed by atoms with van der Waals surface area (Å²) < 4.78 is 11.1. The fraction of sp³-hybridized carbons (Fsp3) is 0.150. The van der Waals surface area contributed by atoms with Gasteiger partial charge in [-0.25, -0.2) is 9.59 Å². The summed E-state index contributed by atoms with van der Waals surface area (Å²) in [4.78, 5) is 36.6. The molecule has 0 aliphatic rings. The molecule has 2 aromatic carbocycles. The number of hydrogen-bond acceptors (Lipinski definition) is 5. The molecule has 6 nitrogen and oxygen atoms in total. The van der Waals surface area contributed by atoms with E-state index >= 15 is 0 Å². The molecule has 0 fully saturated rings. The van der Waals surface area contributed by atoms with Gasteiger partial charge in [0.1, 0.15) is 11.1 Å². The van der Waals surface area contributed by atoms with Crippen molar-refractivity contribution >= 4 is 44.5 Å². The van der Waals surface area contributed by atoms with Gasteiger partial charge in [0.25, 0.3) is 5.91 Å². The van der Waals surface area contributed by atoms with E-state index in [4.69, 9.17) is 9.15 Å². The molecule has 7 heteroatoms. The van der Waals surface area contributed by atoms with Crippen molar-refractivity contribution in [2.75, 3.05) is 11.9 Å². The van der Waals surface area contributed by atoms with Gasteiger partial charge in [0.2, 0.25) is 0 Å². The first-order chi connectivity index (χ1) is 13.0. The maximum Gasteiger partial charge on any atom is 0.349 e. The zero-order valence-electron chi connectivity index (χ0n) is 14.5. The van der Waals surface area contributed by atoms with E-state index in [0.717, 1.165) is 10.9 Å². The van der Waals surface area contributed by atoms with Gasteiger partial charge in [-0.15, -0.1) is 0 Å². The lowest BCUT2D eigenvalue weighted by molar-refractivity contribution is 0.0505. The Hall–Kier alpha value is -2.93. The summed E-state index contributed by atoms with van der Waals surface area (Å²) in [5.41, 5.74) is 0.219. The van der Waals surface area contributed by atoms with E-state index in [2.05, 4.69) is 21.2 Å². The molecule has 0 aliphatic heterocycles. The highest BCUT2D eigenvalue weighted by atomic mass is 79.9. The van der Waals surface area contributed by atoms with Crippen molar-refractivity contribution in [2.45, 2.75) is 13.3 Å². The topological polar surface area (TPSA) is 85.6 Å². The lowest BCUT2D eigenvalue weighted by Crippen LogP contribution is -2.20. The Morgan fingerprint density at radius 2 is 1.96 bits per heavy atom. The Morgan fingerprint density at radius 3 is 2.74 bits per heavy atom. The van der Waals surface area contributed by atoms with E-state index in [0.29, 0.717) is 28.8 Å². The van der Waals surface area contributed by atoms with Crippen LogP contribution >= 0.6 is 15.9 Å². The third-order valence-electron chi connectivity index (χ3n) is 3.73. The number of rotatable bonds is 5. The SMILES string of the molecule is CCCOC(=O)c1cccc(NC(=O)c2cc3cc(Br)ccc3oc2=O)c1. The van der Waals surface area contributed by atoms with Crippen LogP contribution in [0.25, 0.3) is 11.0 Å². The van der Waals surface area contributed by atoms with E-state index in [9.17, 15) is 14.4 Å². The summed E-state index contributed by atoms with van der Waals surface area (Å²) in [5, 5.41) is 3.23. The van der Waals surface area contributed by atoms with Crippen LogP contribution in [0.5, 0.6) is 0 Å². The number of anilines is 1. The van der Waals surface area contributed by atoms with Crippen LogP contribution in [-0.4, -0.2) is 18.5 Å². The number of nitrogens with one attached hydrogen (secondary N) is 1. The van der Waals surface area contributed by atoms with Crippen LogP contribution in [0, 0.1) is 0 Å². The first-order valence-electron chi connectivity index (χ1n) is 8.30. The molecule has 0 unspecified atom stereocenters. The third-order valence-corrected chi connectivity index (χ3v) is 4.23. The minimum atomic E-state index is -0.735. The van der Waals surface area contributed by atoms with Gasteiger partial charge in [-0.05, 0) is 48.9 Å². The Labute approximate surface area is 163 Å². The summed E-state index contributed by atoms with van der Waals surface area (Å²) in [5.74, 6) is -1.09. The zero-order chi connectivity index (χ0) is 19.4. The van der Waals surface area contributed by atoms with Gasteiger partial charge in [-0.3, -0.25) is 4.79 Å². The summed E-state index contributed by atoms with van der Waals surface area (Å²) in [6, 6.07) is 12.9. The predicted octanol–water partition coefficient (Wildman–Crippen LogP) is 4.37. The van der Waals surface area contributed by atoms with Crippen molar-refractivity contribution in [3.8, 4) is 0 Å². The van der Waals surface area contributed by atoms with E-state index in [1.807, 2.05) is 6.92 Å². The van der Waals surface area contributed by atoms with Crippen molar-refractivity contribution < 1.29 is 18.7 Å². The maximum atomic E-state index is 12.5. The summed E-state index contributed by atoms with van der Waals surface area (Å²) in [6.45, 7) is 2.22. The molecule has 138 valence electrons. The number of carbonyl (C=O) groups is 2. The largest absolute Gasteiger partial charge is 0.462 e. The number of halogens is 1. The molecule has 0 spiro atoms. The van der Waals surface area contributed by atoms with Crippen molar-refractivity contribution in [3.05, 3.63) is 74.6 Å². The van der Waals surface area contributed by atoms with Crippen LogP contribution in [0.4, 0.5) is 5.69 Å². The molecule has 1 N–H and O–H groups in total. The minimum Gasteiger partial charge on any atom is -0.462 e. The average molecular weight is 430 g/mol. The molecule has 1 heterocycles. The molecule has 0 bridgehead atoms. The lowest BCUT2D eigenvalue weighted by Gasteiger charge is -2.08. The Morgan fingerprint density at radius 1 is 1.15 bits per heavy atom. The zero-order valence-corrected chi connectivity index (χ0v) is 16.0. The molecule has 1 amide bonds. The van der Waals surface area contributed by atoms with Gasteiger partial charge in [-0.1, -0.05) is 28.9 Å². The second kappa shape index (κ2) is 8.18. The van der Waals surface area contributed by atoms with Gasteiger partial charge in [0, 0.05) is 15.5 Å². The quantitative estimate of drug-likeness (QED) is 0.480. The van der Waals surface area contributed by atoms with Gasteiger partial charge in [0.05, 0.1) is 12.2 Å². The van der Waals surface area contributed by atoms with Crippen LogP contribution in [-0.2, 0) is 4.74 Å². The normalized spacial score (nSPS) is 10.6. The number of ether oxygens (including phenoxy) is 1. The minimum absolute atomic E-state index is 0.125. The molecule has 3 rings (SSSR count). The van der Waals surface area contributed by atoms with Crippen LogP contribution in [0.3, 0.4) is 0 Å². The number of fused-ring (bicyclic) bond motifs is 1. The molecule has 0 radical (unpaired) electrons. The molecule has 0 aliphatic carbocycles. The lowest BCUT2D eigenvalue weighted by atomic mass is 10.1. The Kier molecular flexibility index (Phi) is 5.71. The first kappa shape index (κ1) is 18.8. The third kappa shape index (κ3) is 4.43. The number of amides is 1. The first-order valence-corrected chi connectivity index (χ1v) is 9.09. The van der Waals surface area contributed by atoms with E-state index < -0.39 is 17.5 Å². The molecule has 0 atom stereocenters. The molecule has 3 aromatic rings. The smallest absolute Gasteiger partial charge is 0.349 e. The van der Waals surface area contributed by atoms with Gasteiger partial charge in [-0.2, -0.15) is 0 Å². The number of carbonyl (C=O) groups excluding carboxylic acids is 2. The van der Waals surface area contributed by atoms with Gasteiger partial charge >= 0.3 is 11.6 Å². The van der Waals surface area contributed by atoms with Crippen molar-refractivity contribution in [2.24, 2.45) is 0 Å². The van der Waals surface area contributed by atoms with E-state index in [1.165, 1.54) is 12.1 Å². The fourth-order valence-electron chi connectivity index (χ4n) is 2.45. The number of esters is 1. The second-order valence-corrected chi connectivity index (χ2v) is 6.72. The number of hydrogen-bond donors (Lipinski definition) is 1. The van der Waals surface area contributed by atoms with Crippen LogP contribution in [0.15, 0.2) is 62.2 Å². The summed E-state index contributed by atoms with van der Waals surface area (Å²) in [7, 11) is 0. The summed E-state index contributed by atoms with van der Waals surface area (Å²) >= 11 is 3.34. The van der Waals surface area contributed by atoms with Crippen LogP contribution in [0.2, 0.25) is 0 Å². The Balaban J connectivity index is 1.85. The van der Waals surface area contributed by atoms with Gasteiger partial charge in [0.15, 0.2) is 0 Å². The van der Waals surface area contributed by atoms with Crippen LogP contribution in [0.1, 0.15) is 34.1 Å². The highest BCUT2D eigenvalue weighted by Crippen LogP contribution is 2.20. The van der Waals surface area contributed by atoms with E-state index in [-0.39, 0.29) is 5.56 Å². The fourth-order valence-corrected chi connectivity index (χ4v) is 2.83. The highest BCUT2D eigenvalue weighted by Gasteiger charge is 2.15. The van der Waals surface area contributed by atoms with Crippen LogP contribution < -0.4 is 10.9 Å². The molecular weight excluding hydrogens is 414 g/mol. The molecule has 27 heavy (non-hydrogen) atoms. The second-order valence-electron chi connectivity index (χ2n) is 5.80. The van der Waals surface area contributed by atoms with Crippen molar-refractivity contribution in [3.63, 3.8) is 0 Å². The standard InChI is InChI=1S/C20H16BrNO5/c1-2-8-26-19(24)12-4-3-5-15(10-12)22-18(23)16-11-13-9-14(21)6-7-17(13)27-20(16)25/h3-7,9-11H,2,8H2,1H3,(H,22,23). The average Bonchev–Trinajstić information content (AvgIpc) is 2.66. The maximum absolute atomic E-state index is 12.5.